The molecule has 0 saturated carbocycles. The molecule has 0 spiro atoms. The van der Waals surface area contributed by atoms with Gasteiger partial charge in [-0.3, -0.25) is 0 Å². The summed E-state index contributed by atoms with van der Waals surface area (Å²) >= 11 is 0. The molecule has 2 rings (SSSR count). The van der Waals surface area contributed by atoms with Crippen molar-refractivity contribution in [1.29, 1.82) is 0 Å². The molecule has 2 aromatic rings. The molecule has 0 fully saturated rings. The third-order valence-corrected chi connectivity index (χ3v) is 2.47. The van der Waals surface area contributed by atoms with Crippen LogP contribution in [0.5, 0.6) is 5.75 Å². The molecule has 0 atom stereocenters. The van der Waals surface area contributed by atoms with Crippen LogP contribution in [0.1, 0.15) is 11.3 Å². The first-order chi connectivity index (χ1) is 7.88. The van der Waals surface area contributed by atoms with Gasteiger partial charge in [0.1, 0.15) is 12.1 Å². The molecule has 1 heterocycles. The minimum atomic E-state index is 0.894. The van der Waals surface area contributed by atoms with Crippen LogP contribution >= 0.6 is 0 Å². The lowest BCUT2D eigenvalue weighted by atomic mass is 10.1. The lowest BCUT2D eigenvalue weighted by Crippen LogP contribution is -1.94. The highest BCUT2D eigenvalue weighted by atomic mass is 16.5. The van der Waals surface area contributed by atoms with E-state index < -0.39 is 0 Å². The first-order valence-corrected chi connectivity index (χ1v) is 5.26. The van der Waals surface area contributed by atoms with Crippen molar-refractivity contribution in [2.45, 2.75) is 12.8 Å². The molecule has 16 heavy (non-hydrogen) atoms. The molecule has 0 bridgehead atoms. The summed E-state index contributed by atoms with van der Waals surface area (Å²) in [6.45, 7) is 0. The monoisotopic (exact) mass is 214 g/mol. The summed E-state index contributed by atoms with van der Waals surface area (Å²) in [5, 5.41) is 0. The van der Waals surface area contributed by atoms with Gasteiger partial charge in [0.2, 0.25) is 0 Å². The number of benzene rings is 1. The van der Waals surface area contributed by atoms with Crippen molar-refractivity contribution in [2.24, 2.45) is 0 Å². The van der Waals surface area contributed by atoms with Crippen molar-refractivity contribution in [3.8, 4) is 5.75 Å². The lowest BCUT2D eigenvalue weighted by molar-refractivity contribution is 0.414. The number of hydrogen-bond donors (Lipinski definition) is 0. The van der Waals surface area contributed by atoms with E-state index in [1.54, 1.807) is 19.6 Å². The van der Waals surface area contributed by atoms with E-state index in [0.717, 1.165) is 24.3 Å². The fourth-order valence-electron chi connectivity index (χ4n) is 1.53. The second-order valence-corrected chi connectivity index (χ2v) is 3.55. The molecule has 0 N–H and O–H groups in total. The standard InChI is InChI=1S/C13H14N2O/c1-16-13-6-3-11(4-7-13)2-5-12-8-9-14-10-15-12/h3-4,6-10H,2,5H2,1H3. The molecule has 1 aromatic carbocycles. The summed E-state index contributed by atoms with van der Waals surface area (Å²) in [7, 11) is 1.68. The van der Waals surface area contributed by atoms with Gasteiger partial charge in [-0.15, -0.1) is 0 Å². The van der Waals surface area contributed by atoms with Crippen LogP contribution in [0.2, 0.25) is 0 Å². The number of hydrogen-bond acceptors (Lipinski definition) is 3. The van der Waals surface area contributed by atoms with Gasteiger partial charge >= 0.3 is 0 Å². The molecule has 0 amide bonds. The van der Waals surface area contributed by atoms with Gasteiger partial charge in [0.05, 0.1) is 7.11 Å². The van der Waals surface area contributed by atoms with Crippen LogP contribution in [0.3, 0.4) is 0 Å². The topological polar surface area (TPSA) is 35.0 Å². The molecule has 82 valence electrons. The van der Waals surface area contributed by atoms with Crippen LogP contribution in [0, 0.1) is 0 Å². The highest BCUT2D eigenvalue weighted by molar-refractivity contribution is 5.27. The van der Waals surface area contributed by atoms with Crippen LogP contribution in [0.4, 0.5) is 0 Å². The lowest BCUT2D eigenvalue weighted by Gasteiger charge is -2.03. The SMILES string of the molecule is COc1ccc(CCc2ccncn2)cc1. The minimum Gasteiger partial charge on any atom is -0.497 e. The smallest absolute Gasteiger partial charge is 0.118 e. The van der Waals surface area contributed by atoms with Gasteiger partial charge in [-0.1, -0.05) is 12.1 Å². The van der Waals surface area contributed by atoms with Gasteiger partial charge in [-0.05, 0) is 36.6 Å². The van der Waals surface area contributed by atoms with Gasteiger partial charge in [-0.25, -0.2) is 9.97 Å². The molecule has 0 radical (unpaired) electrons. The Morgan fingerprint density at radius 3 is 2.50 bits per heavy atom. The molecule has 3 heteroatoms. The predicted molar refractivity (Wildman–Crippen MR) is 62.4 cm³/mol. The Hall–Kier alpha value is -1.90. The molecule has 0 aliphatic rings. The average molecular weight is 214 g/mol. The van der Waals surface area contributed by atoms with Crippen molar-refractivity contribution in [2.75, 3.05) is 7.11 Å². The second-order valence-electron chi connectivity index (χ2n) is 3.55. The van der Waals surface area contributed by atoms with E-state index in [2.05, 4.69) is 22.1 Å². The van der Waals surface area contributed by atoms with E-state index in [4.69, 9.17) is 4.74 Å². The Kier molecular flexibility index (Phi) is 3.49. The van der Waals surface area contributed by atoms with Crippen molar-refractivity contribution in [3.05, 3.63) is 54.1 Å². The molecule has 0 saturated heterocycles. The largest absolute Gasteiger partial charge is 0.497 e. The third-order valence-electron chi connectivity index (χ3n) is 2.47. The van der Waals surface area contributed by atoms with E-state index in [1.165, 1.54) is 5.56 Å². The average Bonchev–Trinajstić information content (AvgIpc) is 2.38. The van der Waals surface area contributed by atoms with E-state index in [-0.39, 0.29) is 0 Å². The molecule has 0 unspecified atom stereocenters. The van der Waals surface area contributed by atoms with E-state index >= 15 is 0 Å². The zero-order chi connectivity index (χ0) is 11.2. The first kappa shape index (κ1) is 10.6. The Morgan fingerprint density at radius 1 is 1.06 bits per heavy atom. The normalized spacial score (nSPS) is 10.1. The summed E-state index contributed by atoms with van der Waals surface area (Å²) in [4.78, 5) is 8.09. The Bertz CT molecular complexity index is 425. The Labute approximate surface area is 95.1 Å². The molecule has 1 aromatic heterocycles. The maximum Gasteiger partial charge on any atom is 0.118 e. The Morgan fingerprint density at radius 2 is 1.88 bits per heavy atom. The number of ether oxygens (including phenoxy) is 1. The fourth-order valence-corrected chi connectivity index (χ4v) is 1.53. The predicted octanol–water partition coefficient (Wildman–Crippen LogP) is 2.27. The van der Waals surface area contributed by atoms with Crippen molar-refractivity contribution < 1.29 is 4.74 Å². The van der Waals surface area contributed by atoms with Crippen LogP contribution in [-0.2, 0) is 12.8 Å². The molecule has 3 nitrogen and oxygen atoms in total. The third kappa shape index (κ3) is 2.79. The number of rotatable bonds is 4. The second kappa shape index (κ2) is 5.26. The number of nitrogens with zero attached hydrogens (tertiary/aromatic N) is 2. The molecule has 0 aliphatic carbocycles. The van der Waals surface area contributed by atoms with Crippen LogP contribution < -0.4 is 4.74 Å². The van der Waals surface area contributed by atoms with Crippen LogP contribution in [0.25, 0.3) is 0 Å². The highest BCUT2D eigenvalue weighted by Crippen LogP contribution is 2.12. The number of aromatic nitrogens is 2. The van der Waals surface area contributed by atoms with Gasteiger partial charge in [0, 0.05) is 11.9 Å². The van der Waals surface area contributed by atoms with E-state index in [0.29, 0.717) is 0 Å². The van der Waals surface area contributed by atoms with Gasteiger partial charge in [0.15, 0.2) is 0 Å². The van der Waals surface area contributed by atoms with Crippen LogP contribution in [0.15, 0.2) is 42.9 Å². The van der Waals surface area contributed by atoms with Gasteiger partial charge in [-0.2, -0.15) is 0 Å². The fraction of sp³-hybridized carbons (Fsp3) is 0.231. The Balaban J connectivity index is 1.94. The summed E-state index contributed by atoms with van der Waals surface area (Å²) in [5.41, 5.74) is 2.37. The van der Waals surface area contributed by atoms with Gasteiger partial charge < -0.3 is 4.74 Å². The van der Waals surface area contributed by atoms with E-state index in [9.17, 15) is 0 Å². The molecule has 0 aliphatic heterocycles. The molecular weight excluding hydrogens is 200 g/mol. The maximum absolute atomic E-state index is 5.11. The zero-order valence-corrected chi connectivity index (χ0v) is 9.26. The minimum absolute atomic E-state index is 0.894. The van der Waals surface area contributed by atoms with Crippen molar-refractivity contribution >= 4 is 0 Å². The summed E-state index contributed by atoms with van der Waals surface area (Å²) in [6, 6.07) is 10.1. The number of aryl methyl sites for hydroxylation is 2. The van der Waals surface area contributed by atoms with Gasteiger partial charge in [0.25, 0.3) is 0 Å². The molecular formula is C13H14N2O. The first-order valence-electron chi connectivity index (χ1n) is 5.26. The van der Waals surface area contributed by atoms with Crippen molar-refractivity contribution in [3.63, 3.8) is 0 Å². The zero-order valence-electron chi connectivity index (χ0n) is 9.26. The van der Waals surface area contributed by atoms with Crippen molar-refractivity contribution in [1.82, 2.24) is 9.97 Å². The maximum atomic E-state index is 5.11. The van der Waals surface area contributed by atoms with Crippen LogP contribution in [-0.4, -0.2) is 17.1 Å². The summed E-state index contributed by atoms with van der Waals surface area (Å²) in [5.74, 6) is 0.894. The summed E-state index contributed by atoms with van der Waals surface area (Å²) in [6.07, 6.45) is 5.29. The van der Waals surface area contributed by atoms with E-state index in [1.807, 2.05) is 18.2 Å². The highest BCUT2D eigenvalue weighted by Gasteiger charge is 1.97. The summed E-state index contributed by atoms with van der Waals surface area (Å²) < 4.78 is 5.11. The number of methoxy groups -OCH3 is 1. The quantitative estimate of drug-likeness (QED) is 0.783.